The van der Waals surface area contributed by atoms with Gasteiger partial charge in [0.2, 0.25) is 5.89 Å². The van der Waals surface area contributed by atoms with E-state index in [4.69, 9.17) is 4.52 Å². The maximum absolute atomic E-state index is 5.40. The third kappa shape index (κ3) is 4.51. The van der Waals surface area contributed by atoms with E-state index < -0.39 is 0 Å². The van der Waals surface area contributed by atoms with Gasteiger partial charge in [-0.2, -0.15) is 4.98 Å². The predicted molar refractivity (Wildman–Crippen MR) is 82.0 cm³/mol. The number of nitrogens with zero attached hydrogens (tertiary/aromatic N) is 3. The van der Waals surface area contributed by atoms with Crippen molar-refractivity contribution in [2.24, 2.45) is 11.8 Å². The first kappa shape index (κ1) is 15.0. The molecule has 0 radical (unpaired) electrons. The van der Waals surface area contributed by atoms with E-state index in [2.05, 4.69) is 34.2 Å². The van der Waals surface area contributed by atoms with E-state index in [-0.39, 0.29) is 0 Å². The summed E-state index contributed by atoms with van der Waals surface area (Å²) >= 11 is 0. The molecule has 1 unspecified atom stereocenters. The Morgan fingerprint density at radius 3 is 2.95 bits per heavy atom. The summed E-state index contributed by atoms with van der Waals surface area (Å²) in [6, 6.07) is 0. The van der Waals surface area contributed by atoms with Gasteiger partial charge in [-0.05, 0) is 57.2 Å². The Balaban J connectivity index is 1.44. The van der Waals surface area contributed by atoms with Crippen LogP contribution in [0.1, 0.15) is 57.2 Å². The molecule has 0 amide bonds. The molecule has 2 aliphatic rings. The van der Waals surface area contributed by atoms with Crippen molar-refractivity contribution in [2.75, 3.05) is 26.2 Å². The highest BCUT2D eigenvalue weighted by Crippen LogP contribution is 2.38. The van der Waals surface area contributed by atoms with Crippen LogP contribution in [0.15, 0.2) is 4.52 Å². The second-order valence-electron chi connectivity index (χ2n) is 7.12. The number of hydrogen-bond donors (Lipinski definition) is 1. The monoisotopic (exact) mass is 292 g/mol. The van der Waals surface area contributed by atoms with Crippen molar-refractivity contribution in [1.29, 1.82) is 0 Å². The van der Waals surface area contributed by atoms with Crippen LogP contribution >= 0.6 is 0 Å². The summed E-state index contributed by atoms with van der Waals surface area (Å²) < 4.78 is 5.40. The first-order valence-corrected chi connectivity index (χ1v) is 8.46. The van der Waals surface area contributed by atoms with Gasteiger partial charge in [-0.3, -0.25) is 4.90 Å². The summed E-state index contributed by atoms with van der Waals surface area (Å²) in [6.07, 6.45) is 5.06. The van der Waals surface area contributed by atoms with Gasteiger partial charge in [0.25, 0.3) is 0 Å². The molecule has 1 saturated heterocycles. The Kier molecular flexibility index (Phi) is 4.91. The largest absolute Gasteiger partial charge is 0.338 e. The van der Waals surface area contributed by atoms with Gasteiger partial charge >= 0.3 is 0 Å². The van der Waals surface area contributed by atoms with Crippen molar-refractivity contribution in [3.8, 4) is 0 Å². The van der Waals surface area contributed by atoms with Crippen molar-refractivity contribution in [1.82, 2.24) is 20.4 Å². The van der Waals surface area contributed by atoms with Gasteiger partial charge in [0.1, 0.15) is 0 Å². The Hall–Kier alpha value is -0.940. The number of piperidine rings is 1. The molecule has 2 heterocycles. The highest BCUT2D eigenvalue weighted by molar-refractivity contribution is 5.03. The van der Waals surface area contributed by atoms with E-state index in [1.54, 1.807) is 0 Å². The molecular weight excluding hydrogens is 264 g/mol. The molecule has 1 N–H and O–H groups in total. The van der Waals surface area contributed by atoms with Crippen LogP contribution in [0.2, 0.25) is 0 Å². The van der Waals surface area contributed by atoms with Gasteiger partial charge in [0.05, 0.1) is 6.54 Å². The standard InChI is InChI=1S/C16H28N4O/c1-12(2)8-17-9-13-4-3-7-20(10-13)11-15-18-16(19-21-15)14-5-6-14/h12-14,17H,3-11H2,1-2H3. The molecule has 118 valence electrons. The minimum absolute atomic E-state index is 0.580. The molecule has 1 aromatic rings. The van der Waals surface area contributed by atoms with Crippen LogP contribution < -0.4 is 5.32 Å². The highest BCUT2D eigenvalue weighted by Gasteiger charge is 2.29. The van der Waals surface area contributed by atoms with Crippen molar-refractivity contribution in [3.05, 3.63) is 11.7 Å². The molecule has 1 aromatic heterocycles. The Bertz CT molecular complexity index is 441. The minimum atomic E-state index is 0.580. The number of nitrogens with one attached hydrogen (secondary N) is 1. The third-order valence-corrected chi connectivity index (χ3v) is 4.37. The summed E-state index contributed by atoms with van der Waals surface area (Å²) in [4.78, 5) is 7.01. The number of rotatable bonds is 7. The van der Waals surface area contributed by atoms with Crippen LogP contribution in [-0.2, 0) is 6.54 Å². The van der Waals surface area contributed by atoms with Gasteiger partial charge in [-0.25, -0.2) is 0 Å². The van der Waals surface area contributed by atoms with Crippen molar-refractivity contribution in [2.45, 2.75) is 52.0 Å². The first-order chi connectivity index (χ1) is 10.2. The van der Waals surface area contributed by atoms with E-state index in [1.165, 1.54) is 25.7 Å². The van der Waals surface area contributed by atoms with Gasteiger partial charge in [-0.1, -0.05) is 19.0 Å². The average Bonchev–Trinajstić information content (AvgIpc) is 3.20. The zero-order valence-electron chi connectivity index (χ0n) is 13.3. The zero-order valence-corrected chi connectivity index (χ0v) is 13.3. The molecule has 5 nitrogen and oxygen atoms in total. The lowest BCUT2D eigenvalue weighted by molar-refractivity contribution is 0.148. The van der Waals surface area contributed by atoms with E-state index in [9.17, 15) is 0 Å². The molecule has 0 aromatic carbocycles. The van der Waals surface area contributed by atoms with Crippen LogP contribution in [0.5, 0.6) is 0 Å². The summed E-state index contributed by atoms with van der Waals surface area (Å²) in [5, 5.41) is 7.69. The second-order valence-corrected chi connectivity index (χ2v) is 7.12. The normalized spacial score (nSPS) is 23.9. The summed E-state index contributed by atoms with van der Waals surface area (Å²) in [7, 11) is 0. The second kappa shape index (κ2) is 6.88. The fourth-order valence-corrected chi connectivity index (χ4v) is 3.07. The number of hydrogen-bond acceptors (Lipinski definition) is 5. The fourth-order valence-electron chi connectivity index (χ4n) is 3.07. The number of likely N-dealkylation sites (tertiary alicyclic amines) is 1. The quantitative estimate of drug-likeness (QED) is 0.836. The molecule has 1 saturated carbocycles. The Morgan fingerprint density at radius 2 is 2.19 bits per heavy atom. The minimum Gasteiger partial charge on any atom is -0.338 e. The van der Waals surface area contributed by atoms with Gasteiger partial charge in [0, 0.05) is 12.5 Å². The summed E-state index contributed by atoms with van der Waals surface area (Å²) in [5.41, 5.74) is 0. The fraction of sp³-hybridized carbons (Fsp3) is 0.875. The third-order valence-electron chi connectivity index (χ3n) is 4.37. The maximum Gasteiger partial charge on any atom is 0.240 e. The molecular formula is C16H28N4O. The predicted octanol–water partition coefficient (Wildman–Crippen LogP) is 2.40. The van der Waals surface area contributed by atoms with Gasteiger partial charge in [-0.15, -0.1) is 0 Å². The Morgan fingerprint density at radius 1 is 1.33 bits per heavy atom. The zero-order chi connectivity index (χ0) is 14.7. The molecule has 5 heteroatoms. The topological polar surface area (TPSA) is 54.2 Å². The summed E-state index contributed by atoms with van der Waals surface area (Å²) in [5.74, 6) is 3.79. The highest BCUT2D eigenvalue weighted by atomic mass is 16.5. The molecule has 0 spiro atoms. The van der Waals surface area contributed by atoms with Crippen molar-refractivity contribution >= 4 is 0 Å². The molecule has 21 heavy (non-hydrogen) atoms. The average molecular weight is 292 g/mol. The Labute approximate surface area is 127 Å². The SMILES string of the molecule is CC(C)CNCC1CCCN(Cc2nc(C3CC3)no2)C1. The van der Waals surface area contributed by atoms with E-state index >= 15 is 0 Å². The number of aromatic nitrogens is 2. The van der Waals surface area contributed by atoms with Crippen LogP contribution in [0.25, 0.3) is 0 Å². The lowest BCUT2D eigenvalue weighted by Gasteiger charge is -2.32. The summed E-state index contributed by atoms with van der Waals surface area (Å²) in [6.45, 7) is 9.88. The van der Waals surface area contributed by atoms with E-state index in [0.29, 0.717) is 5.92 Å². The molecule has 0 bridgehead atoms. The molecule has 1 aliphatic carbocycles. The smallest absolute Gasteiger partial charge is 0.240 e. The lowest BCUT2D eigenvalue weighted by Crippen LogP contribution is -2.39. The van der Waals surface area contributed by atoms with E-state index in [1.807, 2.05) is 0 Å². The molecule has 3 rings (SSSR count). The first-order valence-electron chi connectivity index (χ1n) is 8.46. The van der Waals surface area contributed by atoms with Crippen LogP contribution in [0, 0.1) is 11.8 Å². The van der Waals surface area contributed by atoms with Crippen molar-refractivity contribution in [3.63, 3.8) is 0 Å². The van der Waals surface area contributed by atoms with Gasteiger partial charge < -0.3 is 9.84 Å². The molecule has 1 aliphatic heterocycles. The maximum atomic E-state index is 5.40. The van der Waals surface area contributed by atoms with Crippen LogP contribution in [0.4, 0.5) is 0 Å². The van der Waals surface area contributed by atoms with Crippen LogP contribution in [-0.4, -0.2) is 41.2 Å². The molecule has 2 fully saturated rings. The van der Waals surface area contributed by atoms with Gasteiger partial charge in [0.15, 0.2) is 5.82 Å². The lowest BCUT2D eigenvalue weighted by atomic mass is 9.98. The van der Waals surface area contributed by atoms with Crippen molar-refractivity contribution < 1.29 is 4.52 Å². The van der Waals surface area contributed by atoms with E-state index in [0.717, 1.165) is 56.3 Å². The molecule has 1 atom stereocenters. The van der Waals surface area contributed by atoms with Crippen LogP contribution in [0.3, 0.4) is 0 Å².